The molecule has 0 aliphatic rings. The zero-order chi connectivity index (χ0) is 15.0. The molecule has 0 amide bonds. The van der Waals surface area contributed by atoms with Crippen molar-refractivity contribution in [1.29, 1.82) is 0 Å². The second kappa shape index (κ2) is 4.99. The Morgan fingerprint density at radius 1 is 1.33 bits per heavy atom. The van der Waals surface area contributed by atoms with Crippen LogP contribution in [0.15, 0.2) is 24.5 Å². The molecule has 0 fully saturated rings. The molecule has 1 aromatic carbocycles. The van der Waals surface area contributed by atoms with E-state index < -0.39 is 11.7 Å². The molecule has 0 saturated heterocycles. The number of halogens is 3. The van der Waals surface area contributed by atoms with Crippen LogP contribution in [0.1, 0.15) is 24.4 Å². The van der Waals surface area contributed by atoms with Crippen molar-refractivity contribution < 1.29 is 13.2 Å². The Hall–Kier alpha value is -2.16. The molecule has 1 atom stereocenters. The fraction of sp³-hybridized carbons (Fsp3) is 0.250. The summed E-state index contributed by atoms with van der Waals surface area (Å²) in [7, 11) is 0. The van der Waals surface area contributed by atoms with E-state index in [2.05, 4.69) is 25.5 Å². The SMILES string of the molecule is CC(Nc1nc2cc(C(F)(F)F)ccc2s1)c1ncn[nH]1. The number of fused-ring (bicyclic) bond motifs is 1. The number of rotatable bonds is 3. The van der Waals surface area contributed by atoms with Crippen molar-refractivity contribution in [1.82, 2.24) is 20.2 Å². The average molecular weight is 313 g/mol. The Kier molecular flexibility index (Phi) is 3.28. The molecular weight excluding hydrogens is 303 g/mol. The lowest BCUT2D eigenvalue weighted by Gasteiger charge is -2.08. The van der Waals surface area contributed by atoms with Gasteiger partial charge in [-0.25, -0.2) is 9.97 Å². The number of thiazole rings is 1. The van der Waals surface area contributed by atoms with Crippen LogP contribution in [0.3, 0.4) is 0 Å². The number of alkyl halides is 3. The first-order valence-corrected chi connectivity index (χ1v) is 6.85. The van der Waals surface area contributed by atoms with Gasteiger partial charge in [-0.3, -0.25) is 5.10 Å². The Morgan fingerprint density at radius 3 is 2.81 bits per heavy atom. The van der Waals surface area contributed by atoms with Gasteiger partial charge in [-0.1, -0.05) is 11.3 Å². The van der Waals surface area contributed by atoms with E-state index in [0.29, 0.717) is 21.2 Å². The van der Waals surface area contributed by atoms with Crippen LogP contribution in [0.4, 0.5) is 18.3 Å². The van der Waals surface area contributed by atoms with Crippen LogP contribution in [-0.2, 0) is 6.18 Å². The van der Waals surface area contributed by atoms with Crippen LogP contribution < -0.4 is 5.32 Å². The third-order valence-electron chi connectivity index (χ3n) is 2.90. The highest BCUT2D eigenvalue weighted by Crippen LogP contribution is 2.34. The molecule has 110 valence electrons. The van der Waals surface area contributed by atoms with Crippen LogP contribution in [0.2, 0.25) is 0 Å². The van der Waals surface area contributed by atoms with Crippen LogP contribution in [-0.4, -0.2) is 20.2 Å². The summed E-state index contributed by atoms with van der Waals surface area (Å²) in [6.07, 6.45) is -2.97. The molecule has 21 heavy (non-hydrogen) atoms. The molecule has 2 heterocycles. The van der Waals surface area contributed by atoms with Crippen molar-refractivity contribution in [3.8, 4) is 0 Å². The van der Waals surface area contributed by atoms with Crippen LogP contribution in [0, 0.1) is 0 Å². The molecule has 1 unspecified atom stereocenters. The number of hydrogen-bond acceptors (Lipinski definition) is 5. The summed E-state index contributed by atoms with van der Waals surface area (Å²) in [5.41, 5.74) is -0.378. The Labute approximate surface area is 121 Å². The maximum atomic E-state index is 12.7. The van der Waals surface area contributed by atoms with Crippen molar-refractivity contribution in [2.75, 3.05) is 5.32 Å². The number of benzene rings is 1. The zero-order valence-electron chi connectivity index (χ0n) is 10.8. The highest BCUT2D eigenvalue weighted by atomic mass is 32.1. The summed E-state index contributed by atoms with van der Waals surface area (Å²) in [5, 5.41) is 10.1. The van der Waals surface area contributed by atoms with E-state index in [-0.39, 0.29) is 6.04 Å². The molecule has 2 aromatic heterocycles. The van der Waals surface area contributed by atoms with Gasteiger partial charge < -0.3 is 5.32 Å². The average Bonchev–Trinajstić information content (AvgIpc) is 3.05. The summed E-state index contributed by atoms with van der Waals surface area (Å²) >= 11 is 1.29. The number of aromatic amines is 1. The molecule has 3 rings (SSSR count). The van der Waals surface area contributed by atoms with Gasteiger partial charge in [-0.2, -0.15) is 18.3 Å². The number of hydrogen-bond donors (Lipinski definition) is 2. The van der Waals surface area contributed by atoms with Crippen LogP contribution in [0.25, 0.3) is 10.2 Å². The first kappa shape index (κ1) is 13.8. The molecule has 0 spiro atoms. The lowest BCUT2D eigenvalue weighted by atomic mass is 10.2. The van der Waals surface area contributed by atoms with Gasteiger partial charge in [0, 0.05) is 0 Å². The fourth-order valence-electron chi connectivity index (χ4n) is 1.84. The normalized spacial score (nSPS) is 13.5. The van der Waals surface area contributed by atoms with Crippen LogP contribution >= 0.6 is 11.3 Å². The van der Waals surface area contributed by atoms with E-state index >= 15 is 0 Å². The molecule has 0 aliphatic carbocycles. The molecule has 0 radical (unpaired) electrons. The van der Waals surface area contributed by atoms with Crippen molar-refractivity contribution in [2.45, 2.75) is 19.1 Å². The highest BCUT2D eigenvalue weighted by molar-refractivity contribution is 7.22. The molecule has 9 heteroatoms. The quantitative estimate of drug-likeness (QED) is 0.775. The molecule has 5 nitrogen and oxygen atoms in total. The molecule has 0 saturated carbocycles. The van der Waals surface area contributed by atoms with Crippen molar-refractivity contribution >= 4 is 26.7 Å². The van der Waals surface area contributed by atoms with Crippen molar-refractivity contribution in [2.24, 2.45) is 0 Å². The highest BCUT2D eigenvalue weighted by Gasteiger charge is 2.30. The topological polar surface area (TPSA) is 66.5 Å². The van der Waals surface area contributed by atoms with Crippen molar-refractivity contribution in [3.63, 3.8) is 0 Å². The number of nitrogens with zero attached hydrogens (tertiary/aromatic N) is 3. The second-order valence-corrected chi connectivity index (χ2v) is 5.47. The van der Waals surface area contributed by atoms with E-state index in [1.54, 1.807) is 0 Å². The summed E-state index contributed by atoms with van der Waals surface area (Å²) in [6, 6.07) is 3.37. The summed E-state index contributed by atoms with van der Waals surface area (Å²) in [4.78, 5) is 8.19. The standard InChI is InChI=1S/C12H10F3N5S/c1-6(10-16-5-17-20-10)18-11-19-8-4-7(12(13,14)15)2-3-9(8)21-11/h2-6H,1H3,(H,18,19)(H,16,17,20). The van der Waals surface area contributed by atoms with Gasteiger partial charge >= 0.3 is 6.18 Å². The Balaban J connectivity index is 1.87. The van der Waals surface area contributed by atoms with Crippen LogP contribution in [0.5, 0.6) is 0 Å². The minimum absolute atomic E-state index is 0.171. The monoisotopic (exact) mass is 313 g/mol. The fourth-order valence-corrected chi connectivity index (χ4v) is 2.78. The van der Waals surface area contributed by atoms with Gasteiger partial charge in [0.05, 0.1) is 21.8 Å². The largest absolute Gasteiger partial charge is 0.416 e. The zero-order valence-corrected chi connectivity index (χ0v) is 11.6. The van der Waals surface area contributed by atoms with Gasteiger partial charge in [-0.05, 0) is 25.1 Å². The van der Waals surface area contributed by atoms with Gasteiger partial charge in [0.15, 0.2) is 5.13 Å². The molecule has 2 N–H and O–H groups in total. The van der Waals surface area contributed by atoms with E-state index in [9.17, 15) is 13.2 Å². The maximum absolute atomic E-state index is 12.7. The Bertz CT molecular complexity index is 750. The minimum atomic E-state index is -4.36. The van der Waals surface area contributed by atoms with E-state index in [4.69, 9.17) is 0 Å². The predicted molar refractivity (Wildman–Crippen MR) is 73.0 cm³/mol. The first-order chi connectivity index (χ1) is 9.93. The molecule has 0 aliphatic heterocycles. The summed E-state index contributed by atoms with van der Waals surface area (Å²) in [5.74, 6) is 0.630. The third-order valence-corrected chi connectivity index (χ3v) is 3.87. The number of H-pyrrole nitrogens is 1. The molecular formula is C12H10F3N5S. The van der Waals surface area contributed by atoms with Gasteiger partial charge in [0.2, 0.25) is 0 Å². The Morgan fingerprint density at radius 2 is 2.14 bits per heavy atom. The molecule has 3 aromatic rings. The minimum Gasteiger partial charge on any atom is -0.352 e. The van der Waals surface area contributed by atoms with E-state index in [0.717, 1.165) is 12.1 Å². The van der Waals surface area contributed by atoms with Gasteiger partial charge in [0.25, 0.3) is 0 Å². The molecule has 0 bridgehead atoms. The lowest BCUT2D eigenvalue weighted by molar-refractivity contribution is -0.137. The van der Waals surface area contributed by atoms with E-state index in [1.807, 2.05) is 6.92 Å². The summed E-state index contributed by atoms with van der Waals surface area (Å²) < 4.78 is 38.7. The smallest absolute Gasteiger partial charge is 0.352 e. The second-order valence-electron chi connectivity index (χ2n) is 4.44. The predicted octanol–water partition coefficient (Wildman–Crippen LogP) is 3.61. The number of nitrogens with one attached hydrogen (secondary N) is 2. The van der Waals surface area contributed by atoms with Gasteiger partial charge in [-0.15, -0.1) is 0 Å². The third kappa shape index (κ3) is 2.82. The number of anilines is 1. The number of aromatic nitrogens is 4. The van der Waals surface area contributed by atoms with Gasteiger partial charge in [0.1, 0.15) is 12.2 Å². The van der Waals surface area contributed by atoms with E-state index in [1.165, 1.54) is 23.7 Å². The summed E-state index contributed by atoms with van der Waals surface area (Å²) in [6.45, 7) is 1.85. The lowest BCUT2D eigenvalue weighted by Crippen LogP contribution is -2.08. The van der Waals surface area contributed by atoms with Crippen molar-refractivity contribution in [3.05, 3.63) is 35.9 Å². The maximum Gasteiger partial charge on any atom is 0.416 e. The first-order valence-electron chi connectivity index (χ1n) is 6.03.